The van der Waals surface area contributed by atoms with Gasteiger partial charge >= 0.3 is 0 Å². The van der Waals surface area contributed by atoms with Crippen LogP contribution in [0.4, 0.5) is 0 Å². The van der Waals surface area contributed by atoms with Gasteiger partial charge in [0.25, 0.3) is 20.2 Å². The molecule has 5 aromatic rings. The van der Waals surface area contributed by atoms with Crippen LogP contribution in [0.1, 0.15) is 11.4 Å². The van der Waals surface area contributed by atoms with Gasteiger partial charge in [0.05, 0.1) is 16.7 Å². The van der Waals surface area contributed by atoms with E-state index in [9.17, 15) is 25.9 Å². The molecule has 2 aromatic heterocycles. The van der Waals surface area contributed by atoms with E-state index in [0.29, 0.717) is 27.7 Å². The quantitative estimate of drug-likeness (QED) is 0.243. The van der Waals surface area contributed by atoms with E-state index in [0.717, 1.165) is 5.56 Å². The van der Waals surface area contributed by atoms with E-state index in [2.05, 4.69) is 9.97 Å². The van der Waals surface area contributed by atoms with Crippen LogP contribution in [-0.2, 0) is 20.2 Å². The van der Waals surface area contributed by atoms with Crippen molar-refractivity contribution in [2.24, 2.45) is 0 Å². The SMILES string of the molecule is Cc1cc(-c2ccccc2)c2cc(S(=O)(=O)O)c3c(-c4ccccc4)c(S(=O)(=O)O)c(C)nc3c2n1. The standard InChI is InChI=1S/C26H20N2O6S2/c1-15-13-19(17-9-5-3-6-10-17)20-14-21(35(29,30)31)23-22(18-11-7-4-8-12-18)26(36(32,33)34)16(2)28-25(23)24(20)27-15/h3-14H,1-2H3,(H,29,30,31)(H,32,33,34). The van der Waals surface area contributed by atoms with Crippen molar-refractivity contribution in [2.45, 2.75) is 23.6 Å². The molecular weight excluding hydrogens is 500 g/mol. The summed E-state index contributed by atoms with van der Waals surface area (Å²) < 4.78 is 70.9. The van der Waals surface area contributed by atoms with E-state index >= 15 is 0 Å². The smallest absolute Gasteiger partial charge is 0.282 e. The molecule has 182 valence electrons. The highest BCUT2D eigenvalue weighted by atomic mass is 32.2. The molecular formula is C26H20N2O6S2. The van der Waals surface area contributed by atoms with Crippen LogP contribution in [0.25, 0.3) is 44.1 Å². The van der Waals surface area contributed by atoms with Crippen molar-refractivity contribution < 1.29 is 25.9 Å². The topological polar surface area (TPSA) is 135 Å². The van der Waals surface area contributed by atoms with Crippen molar-refractivity contribution in [1.29, 1.82) is 0 Å². The minimum atomic E-state index is -4.88. The number of nitrogens with zero attached hydrogens (tertiary/aromatic N) is 2. The molecule has 2 heterocycles. The molecule has 3 aromatic carbocycles. The Hall–Kier alpha value is -3.70. The molecule has 0 saturated carbocycles. The number of aryl methyl sites for hydroxylation is 2. The number of benzene rings is 3. The van der Waals surface area contributed by atoms with Crippen molar-refractivity contribution in [3.63, 3.8) is 0 Å². The Morgan fingerprint density at radius 1 is 0.694 bits per heavy atom. The van der Waals surface area contributed by atoms with E-state index in [1.54, 1.807) is 43.3 Å². The Bertz CT molecular complexity index is 1890. The maximum Gasteiger partial charge on any atom is 0.296 e. The Labute approximate surface area is 207 Å². The third kappa shape index (κ3) is 4.03. The average molecular weight is 521 g/mol. The van der Waals surface area contributed by atoms with Gasteiger partial charge in [-0.1, -0.05) is 60.7 Å². The van der Waals surface area contributed by atoms with Gasteiger partial charge in [-0.3, -0.25) is 14.1 Å². The first kappa shape index (κ1) is 24.0. The molecule has 10 heteroatoms. The van der Waals surface area contributed by atoms with E-state index in [1.807, 2.05) is 30.3 Å². The van der Waals surface area contributed by atoms with E-state index in [4.69, 9.17) is 0 Å². The monoisotopic (exact) mass is 520 g/mol. The summed E-state index contributed by atoms with van der Waals surface area (Å²) in [4.78, 5) is 7.98. The maximum absolute atomic E-state index is 12.7. The van der Waals surface area contributed by atoms with Crippen molar-refractivity contribution in [3.8, 4) is 22.3 Å². The second-order valence-electron chi connectivity index (χ2n) is 8.39. The molecule has 2 N–H and O–H groups in total. The molecule has 0 atom stereocenters. The van der Waals surface area contributed by atoms with Gasteiger partial charge in [-0.25, -0.2) is 4.98 Å². The normalized spacial score (nSPS) is 12.3. The van der Waals surface area contributed by atoms with Crippen molar-refractivity contribution >= 4 is 42.0 Å². The summed E-state index contributed by atoms with van der Waals surface area (Å²) in [7, 11) is -9.72. The van der Waals surface area contributed by atoms with Crippen LogP contribution in [-0.4, -0.2) is 35.9 Å². The highest BCUT2D eigenvalue weighted by Gasteiger charge is 2.30. The van der Waals surface area contributed by atoms with E-state index < -0.39 is 30.0 Å². The van der Waals surface area contributed by atoms with Gasteiger partial charge in [0.15, 0.2) is 0 Å². The van der Waals surface area contributed by atoms with Gasteiger partial charge in [-0.05, 0) is 42.7 Å². The van der Waals surface area contributed by atoms with Crippen LogP contribution < -0.4 is 0 Å². The number of pyridine rings is 2. The largest absolute Gasteiger partial charge is 0.296 e. The minimum absolute atomic E-state index is 0.0396. The maximum atomic E-state index is 12.7. The lowest BCUT2D eigenvalue weighted by Crippen LogP contribution is -2.10. The van der Waals surface area contributed by atoms with Gasteiger partial charge in [0, 0.05) is 22.0 Å². The summed E-state index contributed by atoms with van der Waals surface area (Å²) in [5.41, 5.74) is 2.71. The molecule has 0 fully saturated rings. The van der Waals surface area contributed by atoms with Crippen LogP contribution in [0.3, 0.4) is 0 Å². The lowest BCUT2D eigenvalue weighted by molar-refractivity contribution is 0.480. The second kappa shape index (κ2) is 8.45. The number of hydrogen-bond acceptors (Lipinski definition) is 6. The van der Waals surface area contributed by atoms with E-state index in [1.165, 1.54) is 13.0 Å². The molecule has 0 aliphatic heterocycles. The van der Waals surface area contributed by atoms with Crippen LogP contribution in [0.5, 0.6) is 0 Å². The third-order valence-electron chi connectivity index (χ3n) is 5.94. The summed E-state index contributed by atoms with van der Waals surface area (Å²) in [6, 6.07) is 20.5. The fourth-order valence-corrected chi connectivity index (χ4v) is 6.19. The third-order valence-corrected chi connectivity index (χ3v) is 7.83. The summed E-state index contributed by atoms with van der Waals surface area (Å²) in [5.74, 6) is 0. The molecule has 0 unspecified atom stereocenters. The fourth-order valence-electron chi connectivity index (χ4n) is 4.57. The van der Waals surface area contributed by atoms with Crippen molar-refractivity contribution in [3.05, 3.63) is 84.2 Å². The molecule has 5 rings (SSSR count). The molecule has 8 nitrogen and oxygen atoms in total. The summed E-state index contributed by atoms with van der Waals surface area (Å²) in [6.45, 7) is 3.20. The van der Waals surface area contributed by atoms with Crippen molar-refractivity contribution in [2.75, 3.05) is 0 Å². The molecule has 0 amide bonds. The summed E-state index contributed by atoms with van der Waals surface area (Å²) in [5, 5.41) is 0.268. The van der Waals surface area contributed by atoms with Gasteiger partial charge in [-0.2, -0.15) is 16.8 Å². The lowest BCUT2D eigenvalue weighted by atomic mass is 9.95. The molecule has 0 spiro atoms. The van der Waals surface area contributed by atoms with Gasteiger partial charge in [0.2, 0.25) is 0 Å². The van der Waals surface area contributed by atoms with Crippen LogP contribution in [0.15, 0.2) is 82.6 Å². The Balaban J connectivity index is 2.13. The molecule has 0 aliphatic carbocycles. The molecule has 0 radical (unpaired) electrons. The Morgan fingerprint density at radius 2 is 1.28 bits per heavy atom. The summed E-state index contributed by atoms with van der Waals surface area (Å²) in [6.07, 6.45) is 0. The molecule has 0 bridgehead atoms. The van der Waals surface area contributed by atoms with Gasteiger partial charge in [0.1, 0.15) is 9.79 Å². The second-order valence-corrected chi connectivity index (χ2v) is 11.1. The number of rotatable bonds is 4. The number of fused-ring (bicyclic) bond motifs is 3. The lowest BCUT2D eigenvalue weighted by Gasteiger charge is -2.18. The van der Waals surface area contributed by atoms with E-state index in [-0.39, 0.29) is 22.2 Å². The highest BCUT2D eigenvalue weighted by molar-refractivity contribution is 7.86. The van der Waals surface area contributed by atoms with Crippen LogP contribution in [0, 0.1) is 13.8 Å². The first-order valence-corrected chi connectivity index (χ1v) is 13.7. The zero-order valence-electron chi connectivity index (χ0n) is 19.2. The summed E-state index contributed by atoms with van der Waals surface area (Å²) >= 11 is 0. The highest BCUT2D eigenvalue weighted by Crippen LogP contribution is 2.43. The van der Waals surface area contributed by atoms with Crippen LogP contribution in [0.2, 0.25) is 0 Å². The Kier molecular flexibility index (Phi) is 5.64. The minimum Gasteiger partial charge on any atom is -0.282 e. The molecule has 0 saturated heterocycles. The predicted molar refractivity (Wildman–Crippen MR) is 137 cm³/mol. The number of hydrogen-bond donors (Lipinski definition) is 2. The van der Waals surface area contributed by atoms with Crippen molar-refractivity contribution in [1.82, 2.24) is 9.97 Å². The molecule has 36 heavy (non-hydrogen) atoms. The average Bonchev–Trinajstić information content (AvgIpc) is 2.82. The fraction of sp³-hybridized carbons (Fsp3) is 0.0769. The first-order chi connectivity index (χ1) is 17.0. The zero-order chi connectivity index (χ0) is 25.8. The van der Waals surface area contributed by atoms with Crippen LogP contribution >= 0.6 is 0 Å². The predicted octanol–water partition coefficient (Wildman–Crippen LogP) is 5.23. The number of aromatic nitrogens is 2. The molecule has 0 aliphatic rings. The first-order valence-electron chi connectivity index (χ1n) is 10.8. The zero-order valence-corrected chi connectivity index (χ0v) is 20.8. The van der Waals surface area contributed by atoms with Gasteiger partial charge < -0.3 is 0 Å². The Morgan fingerprint density at radius 3 is 1.83 bits per heavy atom. The van der Waals surface area contributed by atoms with Gasteiger partial charge in [-0.15, -0.1) is 0 Å².